The Kier molecular flexibility index (Phi) is 2.71. The van der Waals surface area contributed by atoms with Crippen LogP contribution in [0.2, 0.25) is 0 Å². The van der Waals surface area contributed by atoms with Gasteiger partial charge in [-0.15, -0.1) is 0 Å². The Labute approximate surface area is 50.2 Å². The average molecular weight is 110 g/mol. The number of allylic oxidation sites excluding steroid dienone is 1. The van der Waals surface area contributed by atoms with Gasteiger partial charge in [-0.1, -0.05) is 0 Å². The lowest BCUT2D eigenvalue weighted by atomic mass is 10.5. The molecular formula is C6H10N2. The van der Waals surface area contributed by atoms with Gasteiger partial charge in [0.2, 0.25) is 0 Å². The van der Waals surface area contributed by atoms with Crippen LogP contribution in [0.15, 0.2) is 11.9 Å². The van der Waals surface area contributed by atoms with Gasteiger partial charge in [0.05, 0.1) is 6.57 Å². The van der Waals surface area contributed by atoms with Crippen molar-refractivity contribution in [1.82, 2.24) is 4.90 Å². The molecule has 0 radical (unpaired) electrons. The van der Waals surface area contributed by atoms with Crippen molar-refractivity contribution < 1.29 is 0 Å². The third-order valence-corrected chi connectivity index (χ3v) is 0.957. The van der Waals surface area contributed by atoms with Crippen molar-refractivity contribution in [2.45, 2.75) is 6.92 Å². The highest BCUT2D eigenvalue weighted by molar-refractivity contribution is 5.00. The summed E-state index contributed by atoms with van der Waals surface area (Å²) in [5, 5.41) is 0. The summed E-state index contributed by atoms with van der Waals surface area (Å²) in [4.78, 5) is 5.00. The van der Waals surface area contributed by atoms with Crippen LogP contribution in [0.5, 0.6) is 0 Å². The number of rotatable bonds is 1. The lowest BCUT2D eigenvalue weighted by Gasteiger charge is -2.10. The molecule has 0 unspecified atom stereocenters. The molecule has 0 aromatic heterocycles. The van der Waals surface area contributed by atoms with Crippen LogP contribution in [0.1, 0.15) is 6.92 Å². The van der Waals surface area contributed by atoms with Crippen LogP contribution in [0.25, 0.3) is 4.85 Å². The van der Waals surface area contributed by atoms with E-state index in [1.165, 1.54) is 6.20 Å². The van der Waals surface area contributed by atoms with Gasteiger partial charge in [0.25, 0.3) is 0 Å². The van der Waals surface area contributed by atoms with Crippen LogP contribution in [-0.2, 0) is 0 Å². The topological polar surface area (TPSA) is 7.60 Å². The molecule has 0 saturated carbocycles. The van der Waals surface area contributed by atoms with Crippen molar-refractivity contribution in [1.29, 1.82) is 0 Å². The number of hydrogen-bond donors (Lipinski definition) is 0. The Morgan fingerprint density at radius 3 is 2.25 bits per heavy atom. The minimum absolute atomic E-state index is 0.986. The summed E-state index contributed by atoms with van der Waals surface area (Å²) in [6.45, 7) is 8.35. The van der Waals surface area contributed by atoms with Gasteiger partial charge in [0.1, 0.15) is 0 Å². The first kappa shape index (κ1) is 7.03. The Hall–Kier alpha value is -0.970. The first-order valence-electron chi connectivity index (χ1n) is 2.39. The molecule has 0 heterocycles. The summed E-state index contributed by atoms with van der Waals surface area (Å²) in [5.74, 6) is 0. The van der Waals surface area contributed by atoms with E-state index in [1.54, 1.807) is 0 Å². The molecule has 0 aliphatic rings. The molecule has 0 atom stereocenters. The second-order valence-corrected chi connectivity index (χ2v) is 1.79. The highest BCUT2D eigenvalue weighted by atomic mass is 15.1. The summed E-state index contributed by atoms with van der Waals surface area (Å²) in [7, 11) is 3.83. The molecule has 44 valence electrons. The van der Waals surface area contributed by atoms with E-state index >= 15 is 0 Å². The van der Waals surface area contributed by atoms with E-state index in [1.807, 2.05) is 25.9 Å². The monoisotopic (exact) mass is 110 g/mol. The van der Waals surface area contributed by atoms with E-state index in [9.17, 15) is 0 Å². The predicted molar refractivity (Wildman–Crippen MR) is 34.0 cm³/mol. The summed E-state index contributed by atoms with van der Waals surface area (Å²) in [5.41, 5.74) is 0.986. The highest BCUT2D eigenvalue weighted by Gasteiger charge is 1.85. The van der Waals surface area contributed by atoms with Gasteiger partial charge < -0.3 is 4.90 Å². The van der Waals surface area contributed by atoms with Crippen molar-refractivity contribution in [3.05, 3.63) is 23.3 Å². The van der Waals surface area contributed by atoms with E-state index in [-0.39, 0.29) is 0 Å². The van der Waals surface area contributed by atoms with Crippen molar-refractivity contribution in [2.24, 2.45) is 0 Å². The Morgan fingerprint density at radius 2 is 2.12 bits per heavy atom. The number of hydrogen-bond acceptors (Lipinski definition) is 1. The average Bonchev–Trinajstić information content (AvgIpc) is 1.67. The van der Waals surface area contributed by atoms with E-state index in [2.05, 4.69) is 4.85 Å². The molecule has 0 N–H and O–H groups in total. The van der Waals surface area contributed by atoms with Crippen LogP contribution in [0, 0.1) is 6.57 Å². The van der Waals surface area contributed by atoms with Crippen LogP contribution in [0.4, 0.5) is 0 Å². The first-order valence-corrected chi connectivity index (χ1v) is 2.39. The van der Waals surface area contributed by atoms with E-state index < -0.39 is 0 Å². The van der Waals surface area contributed by atoms with E-state index in [0.717, 1.165) is 5.70 Å². The second-order valence-electron chi connectivity index (χ2n) is 1.79. The highest BCUT2D eigenvalue weighted by Crippen LogP contribution is 1.94. The molecule has 0 rings (SSSR count). The standard InChI is InChI=1S/C6H10N2/c1-6(5-7-2)8(3)4/h5H,1,3-4H3/b6-5+. The van der Waals surface area contributed by atoms with Gasteiger partial charge in [-0.2, -0.15) is 0 Å². The largest absolute Gasteiger partial charge is 0.391 e. The molecule has 0 aliphatic carbocycles. The molecule has 2 nitrogen and oxygen atoms in total. The van der Waals surface area contributed by atoms with E-state index in [0.29, 0.717) is 0 Å². The Balaban J connectivity index is 3.85. The van der Waals surface area contributed by atoms with Crippen molar-refractivity contribution in [3.63, 3.8) is 0 Å². The molecular weight excluding hydrogens is 100 g/mol. The van der Waals surface area contributed by atoms with Crippen molar-refractivity contribution in [3.8, 4) is 0 Å². The summed E-state index contributed by atoms with van der Waals surface area (Å²) in [6, 6.07) is 0. The summed E-state index contributed by atoms with van der Waals surface area (Å²) in [6.07, 6.45) is 1.50. The van der Waals surface area contributed by atoms with E-state index in [4.69, 9.17) is 6.57 Å². The van der Waals surface area contributed by atoms with Crippen molar-refractivity contribution in [2.75, 3.05) is 14.1 Å². The third-order valence-electron chi connectivity index (χ3n) is 0.957. The fourth-order valence-electron chi connectivity index (χ4n) is 0.209. The summed E-state index contributed by atoms with van der Waals surface area (Å²) < 4.78 is 0. The zero-order chi connectivity index (χ0) is 6.57. The fraction of sp³-hybridized carbons (Fsp3) is 0.500. The molecule has 0 aliphatic heterocycles. The molecule has 0 bridgehead atoms. The van der Waals surface area contributed by atoms with Gasteiger partial charge >= 0.3 is 0 Å². The fourth-order valence-corrected chi connectivity index (χ4v) is 0.209. The molecule has 0 spiro atoms. The minimum Gasteiger partial charge on any atom is -0.391 e. The molecule has 0 saturated heterocycles. The van der Waals surface area contributed by atoms with Gasteiger partial charge in [0.15, 0.2) is 6.20 Å². The zero-order valence-electron chi connectivity index (χ0n) is 5.47. The van der Waals surface area contributed by atoms with Gasteiger partial charge in [-0.05, 0) is 6.92 Å². The molecule has 0 aromatic rings. The predicted octanol–water partition coefficient (Wildman–Crippen LogP) is 1.33. The van der Waals surface area contributed by atoms with Crippen LogP contribution >= 0.6 is 0 Å². The molecule has 0 amide bonds. The normalized spacial score (nSPS) is 10.5. The lowest BCUT2D eigenvalue weighted by molar-refractivity contribution is 0.514. The zero-order valence-corrected chi connectivity index (χ0v) is 5.47. The summed E-state index contributed by atoms with van der Waals surface area (Å²) >= 11 is 0. The Morgan fingerprint density at radius 1 is 1.62 bits per heavy atom. The van der Waals surface area contributed by atoms with Crippen molar-refractivity contribution >= 4 is 0 Å². The third kappa shape index (κ3) is 2.25. The smallest absolute Gasteiger partial charge is 0.172 e. The van der Waals surface area contributed by atoms with Gasteiger partial charge in [-0.25, -0.2) is 4.85 Å². The van der Waals surface area contributed by atoms with Gasteiger partial charge in [-0.3, -0.25) is 0 Å². The maximum absolute atomic E-state index is 6.45. The quantitative estimate of drug-likeness (QED) is 0.462. The number of nitrogens with zero attached hydrogens (tertiary/aromatic N) is 2. The molecule has 8 heavy (non-hydrogen) atoms. The van der Waals surface area contributed by atoms with Gasteiger partial charge in [0, 0.05) is 19.8 Å². The van der Waals surface area contributed by atoms with Crippen LogP contribution < -0.4 is 0 Å². The molecule has 0 fully saturated rings. The lowest BCUT2D eigenvalue weighted by Crippen LogP contribution is -2.06. The SMILES string of the molecule is [C-]#[N+]/C=C(\C)N(C)C. The maximum Gasteiger partial charge on any atom is 0.172 e. The Bertz CT molecular complexity index is 128. The molecule has 0 aromatic carbocycles. The first-order chi connectivity index (χ1) is 3.68. The molecule has 2 heteroatoms. The second kappa shape index (κ2) is 3.09. The van der Waals surface area contributed by atoms with Crippen LogP contribution in [0.3, 0.4) is 0 Å². The van der Waals surface area contributed by atoms with Crippen LogP contribution in [-0.4, -0.2) is 19.0 Å². The minimum atomic E-state index is 0.986. The maximum atomic E-state index is 6.45.